The van der Waals surface area contributed by atoms with Crippen molar-refractivity contribution >= 4 is 5.91 Å². The largest absolute Gasteiger partial charge is 0.369 e. The van der Waals surface area contributed by atoms with Crippen LogP contribution in [0.1, 0.15) is 25.7 Å². The second kappa shape index (κ2) is 3.58. The number of rotatable bonds is 2. The molecule has 0 unspecified atom stereocenters. The second-order valence-electron chi connectivity index (χ2n) is 3.83. The van der Waals surface area contributed by atoms with Crippen molar-refractivity contribution in [2.75, 3.05) is 6.54 Å². The third-order valence-electron chi connectivity index (χ3n) is 2.96. The van der Waals surface area contributed by atoms with E-state index >= 15 is 0 Å². The molecule has 0 aromatic heterocycles. The highest BCUT2D eigenvalue weighted by Gasteiger charge is 2.37. The fourth-order valence-corrected chi connectivity index (χ4v) is 2.25. The quantitative estimate of drug-likeness (QED) is 0.669. The lowest BCUT2D eigenvalue weighted by molar-refractivity contribution is -0.131. The molecule has 0 fully saturated rings. The third-order valence-corrected chi connectivity index (χ3v) is 2.96. The Balaban J connectivity index is 2.25. The Labute approximate surface area is 83.7 Å². The van der Waals surface area contributed by atoms with Gasteiger partial charge in [0.1, 0.15) is 0 Å². The summed E-state index contributed by atoms with van der Waals surface area (Å²) in [5, 5.41) is 9.89. The SMILES string of the molecule is C=CCN1C(=O)C2=C(CCCC2)[C@@H]1O. The summed E-state index contributed by atoms with van der Waals surface area (Å²) in [6.45, 7) is 4.02. The standard InChI is InChI=1S/C11H15NO2/c1-2-7-12-10(13)8-5-3-4-6-9(8)11(12)14/h2,10,13H,1,3-7H2/t10-/m0/s1. The van der Waals surface area contributed by atoms with Crippen LogP contribution in [0.3, 0.4) is 0 Å². The van der Waals surface area contributed by atoms with Gasteiger partial charge in [0.2, 0.25) is 0 Å². The highest BCUT2D eigenvalue weighted by Crippen LogP contribution is 2.35. The summed E-state index contributed by atoms with van der Waals surface area (Å²) in [7, 11) is 0. The van der Waals surface area contributed by atoms with E-state index in [4.69, 9.17) is 0 Å². The Kier molecular flexibility index (Phi) is 2.42. The zero-order valence-electron chi connectivity index (χ0n) is 8.20. The van der Waals surface area contributed by atoms with Crippen molar-refractivity contribution in [3.63, 3.8) is 0 Å². The molecule has 0 bridgehead atoms. The topological polar surface area (TPSA) is 40.5 Å². The van der Waals surface area contributed by atoms with Crippen LogP contribution in [-0.2, 0) is 4.79 Å². The molecule has 76 valence electrons. The summed E-state index contributed by atoms with van der Waals surface area (Å²) >= 11 is 0. The molecule has 0 aromatic carbocycles. The van der Waals surface area contributed by atoms with Crippen molar-refractivity contribution in [3.8, 4) is 0 Å². The van der Waals surface area contributed by atoms with Crippen LogP contribution >= 0.6 is 0 Å². The minimum absolute atomic E-state index is 0.00657. The van der Waals surface area contributed by atoms with E-state index in [1.165, 1.54) is 4.90 Å². The molecular weight excluding hydrogens is 178 g/mol. The lowest BCUT2D eigenvalue weighted by atomic mass is 9.93. The first-order valence-corrected chi connectivity index (χ1v) is 5.07. The van der Waals surface area contributed by atoms with Gasteiger partial charge in [0.15, 0.2) is 6.23 Å². The summed E-state index contributed by atoms with van der Waals surface area (Å²) in [6, 6.07) is 0. The maximum atomic E-state index is 11.8. The van der Waals surface area contributed by atoms with Crippen LogP contribution in [-0.4, -0.2) is 28.7 Å². The second-order valence-corrected chi connectivity index (χ2v) is 3.83. The Hall–Kier alpha value is -1.09. The average molecular weight is 193 g/mol. The molecule has 1 heterocycles. The molecule has 1 amide bonds. The van der Waals surface area contributed by atoms with Gasteiger partial charge >= 0.3 is 0 Å². The van der Waals surface area contributed by atoms with Gasteiger partial charge in [-0.05, 0) is 31.3 Å². The lowest BCUT2D eigenvalue weighted by Gasteiger charge is -2.20. The normalized spacial score (nSPS) is 26.8. The summed E-state index contributed by atoms with van der Waals surface area (Å²) in [5.41, 5.74) is 1.80. The van der Waals surface area contributed by atoms with E-state index in [9.17, 15) is 9.90 Å². The minimum Gasteiger partial charge on any atom is -0.369 e. The van der Waals surface area contributed by atoms with Crippen molar-refractivity contribution in [3.05, 3.63) is 23.8 Å². The molecule has 14 heavy (non-hydrogen) atoms. The van der Waals surface area contributed by atoms with Crippen LogP contribution < -0.4 is 0 Å². The van der Waals surface area contributed by atoms with Crippen LogP contribution in [0.2, 0.25) is 0 Å². The van der Waals surface area contributed by atoms with Crippen LogP contribution in [0.4, 0.5) is 0 Å². The Bertz CT molecular complexity index is 306. The predicted molar refractivity (Wildman–Crippen MR) is 53.4 cm³/mol. The molecular formula is C11H15NO2. The molecule has 1 N–H and O–H groups in total. The van der Waals surface area contributed by atoms with E-state index in [-0.39, 0.29) is 5.91 Å². The van der Waals surface area contributed by atoms with Crippen LogP contribution in [0, 0.1) is 0 Å². The molecule has 1 aliphatic carbocycles. The van der Waals surface area contributed by atoms with Crippen LogP contribution in [0.5, 0.6) is 0 Å². The summed E-state index contributed by atoms with van der Waals surface area (Å²) < 4.78 is 0. The Morgan fingerprint density at radius 2 is 2.21 bits per heavy atom. The van der Waals surface area contributed by atoms with Gasteiger partial charge in [-0.2, -0.15) is 0 Å². The van der Waals surface area contributed by atoms with Gasteiger partial charge in [-0.1, -0.05) is 6.08 Å². The van der Waals surface area contributed by atoms with Gasteiger partial charge in [-0.15, -0.1) is 6.58 Å². The maximum absolute atomic E-state index is 11.8. The molecule has 0 spiro atoms. The fraction of sp³-hybridized carbons (Fsp3) is 0.545. The van der Waals surface area contributed by atoms with Crippen molar-refractivity contribution in [2.45, 2.75) is 31.9 Å². The molecule has 2 aliphatic rings. The minimum atomic E-state index is -0.684. The number of hydrogen-bond acceptors (Lipinski definition) is 2. The highest BCUT2D eigenvalue weighted by atomic mass is 16.3. The first-order valence-electron chi connectivity index (χ1n) is 5.07. The molecule has 1 atom stereocenters. The smallest absolute Gasteiger partial charge is 0.252 e. The van der Waals surface area contributed by atoms with E-state index in [0.29, 0.717) is 6.54 Å². The number of nitrogens with zero attached hydrogens (tertiary/aromatic N) is 1. The summed E-state index contributed by atoms with van der Waals surface area (Å²) in [6.07, 6.45) is 4.83. The van der Waals surface area contributed by atoms with E-state index in [1.54, 1.807) is 6.08 Å². The first-order chi connectivity index (χ1) is 6.75. The lowest BCUT2D eigenvalue weighted by Crippen LogP contribution is -2.35. The number of carbonyl (C=O) groups excluding carboxylic acids is 1. The molecule has 2 rings (SSSR count). The molecule has 3 nitrogen and oxygen atoms in total. The number of aliphatic hydroxyl groups is 1. The molecule has 3 heteroatoms. The predicted octanol–water partition coefficient (Wildman–Crippen LogP) is 1.20. The van der Waals surface area contributed by atoms with Gasteiger partial charge in [-0.25, -0.2) is 0 Å². The van der Waals surface area contributed by atoms with Gasteiger partial charge in [0.25, 0.3) is 5.91 Å². The number of hydrogen-bond donors (Lipinski definition) is 1. The van der Waals surface area contributed by atoms with Gasteiger partial charge in [0, 0.05) is 12.1 Å². The van der Waals surface area contributed by atoms with Crippen molar-refractivity contribution in [1.82, 2.24) is 4.90 Å². The maximum Gasteiger partial charge on any atom is 0.252 e. The summed E-state index contributed by atoms with van der Waals surface area (Å²) in [5.74, 6) is 0.00657. The van der Waals surface area contributed by atoms with E-state index in [2.05, 4.69) is 6.58 Å². The number of amides is 1. The van der Waals surface area contributed by atoms with E-state index in [1.807, 2.05) is 0 Å². The van der Waals surface area contributed by atoms with E-state index in [0.717, 1.165) is 36.8 Å². The highest BCUT2D eigenvalue weighted by molar-refractivity contribution is 5.97. The number of carbonyl (C=O) groups is 1. The molecule has 0 saturated carbocycles. The fourth-order valence-electron chi connectivity index (χ4n) is 2.25. The van der Waals surface area contributed by atoms with Crippen molar-refractivity contribution in [1.29, 1.82) is 0 Å². The zero-order valence-corrected chi connectivity index (χ0v) is 8.20. The molecule has 0 saturated heterocycles. The third kappa shape index (κ3) is 1.28. The van der Waals surface area contributed by atoms with Gasteiger partial charge in [-0.3, -0.25) is 4.79 Å². The molecule has 0 aromatic rings. The number of aliphatic hydroxyl groups excluding tert-OH is 1. The zero-order chi connectivity index (χ0) is 10.1. The Morgan fingerprint density at radius 1 is 1.50 bits per heavy atom. The van der Waals surface area contributed by atoms with E-state index < -0.39 is 6.23 Å². The van der Waals surface area contributed by atoms with Crippen LogP contribution in [0.15, 0.2) is 23.8 Å². The summed E-state index contributed by atoms with van der Waals surface area (Å²) in [4.78, 5) is 13.3. The Morgan fingerprint density at radius 3 is 2.86 bits per heavy atom. The van der Waals surface area contributed by atoms with Crippen molar-refractivity contribution < 1.29 is 9.90 Å². The van der Waals surface area contributed by atoms with Gasteiger partial charge in [0.05, 0.1) is 0 Å². The molecule has 0 radical (unpaired) electrons. The molecule has 1 aliphatic heterocycles. The van der Waals surface area contributed by atoms with Crippen molar-refractivity contribution in [2.24, 2.45) is 0 Å². The average Bonchev–Trinajstić information content (AvgIpc) is 2.45. The monoisotopic (exact) mass is 193 g/mol. The van der Waals surface area contributed by atoms with Gasteiger partial charge < -0.3 is 10.0 Å². The first kappa shape index (κ1) is 9.46. The van der Waals surface area contributed by atoms with Crippen LogP contribution in [0.25, 0.3) is 0 Å².